The molecule has 0 radical (unpaired) electrons. The van der Waals surface area contributed by atoms with Crippen LogP contribution in [-0.4, -0.2) is 20.3 Å². The first-order valence-electron chi connectivity index (χ1n) is 6.04. The van der Waals surface area contributed by atoms with Gasteiger partial charge in [-0.15, -0.1) is 10.2 Å². The third-order valence-electron chi connectivity index (χ3n) is 2.68. The Morgan fingerprint density at radius 3 is 2.75 bits per heavy atom. The fraction of sp³-hybridized carbons (Fsp3) is 0.231. The van der Waals surface area contributed by atoms with Crippen LogP contribution in [0.2, 0.25) is 0 Å². The summed E-state index contributed by atoms with van der Waals surface area (Å²) in [6.07, 6.45) is 0. The SMILES string of the molecule is Cc1nc(CSc2nnc(-c3ccccc3C)o2)no1. The van der Waals surface area contributed by atoms with Crippen molar-refractivity contribution >= 4 is 11.8 Å². The Hall–Kier alpha value is -2.15. The maximum Gasteiger partial charge on any atom is 0.277 e. The number of benzene rings is 1. The van der Waals surface area contributed by atoms with Crippen LogP contribution in [0.25, 0.3) is 11.5 Å². The van der Waals surface area contributed by atoms with Gasteiger partial charge in [0.2, 0.25) is 11.8 Å². The van der Waals surface area contributed by atoms with Crippen molar-refractivity contribution in [1.82, 2.24) is 20.3 Å². The number of aromatic nitrogens is 4. The Balaban J connectivity index is 1.72. The molecule has 6 nitrogen and oxygen atoms in total. The highest BCUT2D eigenvalue weighted by Gasteiger charge is 2.12. The van der Waals surface area contributed by atoms with Gasteiger partial charge in [-0.2, -0.15) is 4.98 Å². The minimum atomic E-state index is 0.491. The van der Waals surface area contributed by atoms with E-state index in [2.05, 4.69) is 20.3 Å². The molecular formula is C13H12N4O2S. The molecule has 2 aromatic heterocycles. The third kappa shape index (κ3) is 2.72. The summed E-state index contributed by atoms with van der Waals surface area (Å²) < 4.78 is 10.5. The number of hydrogen-bond donors (Lipinski definition) is 0. The monoisotopic (exact) mass is 288 g/mol. The highest BCUT2D eigenvalue weighted by Crippen LogP contribution is 2.26. The second kappa shape index (κ2) is 5.46. The molecule has 0 aliphatic carbocycles. The van der Waals surface area contributed by atoms with Gasteiger partial charge in [0.1, 0.15) is 0 Å². The van der Waals surface area contributed by atoms with Crippen LogP contribution < -0.4 is 0 Å². The molecule has 7 heteroatoms. The molecule has 3 rings (SSSR count). The molecule has 0 bridgehead atoms. The Labute approximate surface area is 119 Å². The molecule has 20 heavy (non-hydrogen) atoms. The van der Waals surface area contributed by atoms with E-state index >= 15 is 0 Å². The van der Waals surface area contributed by atoms with Crippen molar-refractivity contribution in [2.75, 3.05) is 0 Å². The number of aryl methyl sites for hydroxylation is 2. The van der Waals surface area contributed by atoms with Gasteiger partial charge in [0.15, 0.2) is 5.82 Å². The highest BCUT2D eigenvalue weighted by atomic mass is 32.2. The van der Waals surface area contributed by atoms with Crippen molar-refractivity contribution in [1.29, 1.82) is 0 Å². The molecule has 0 saturated carbocycles. The van der Waals surface area contributed by atoms with E-state index < -0.39 is 0 Å². The lowest BCUT2D eigenvalue weighted by molar-refractivity contribution is 0.389. The van der Waals surface area contributed by atoms with Gasteiger partial charge in [-0.1, -0.05) is 35.1 Å². The second-order valence-electron chi connectivity index (χ2n) is 4.21. The Kier molecular flexibility index (Phi) is 3.51. The fourth-order valence-electron chi connectivity index (χ4n) is 1.72. The zero-order chi connectivity index (χ0) is 13.9. The molecule has 0 saturated heterocycles. The first-order valence-corrected chi connectivity index (χ1v) is 7.02. The second-order valence-corrected chi connectivity index (χ2v) is 5.13. The Morgan fingerprint density at radius 1 is 1.15 bits per heavy atom. The quantitative estimate of drug-likeness (QED) is 0.683. The van der Waals surface area contributed by atoms with Crippen LogP contribution in [0.4, 0.5) is 0 Å². The molecule has 0 unspecified atom stereocenters. The van der Waals surface area contributed by atoms with Gasteiger partial charge in [0.05, 0.1) is 5.75 Å². The first kappa shape index (κ1) is 12.9. The Bertz CT molecular complexity index is 722. The van der Waals surface area contributed by atoms with E-state index in [0.29, 0.717) is 28.6 Å². The van der Waals surface area contributed by atoms with Crippen LogP contribution in [0.1, 0.15) is 17.3 Å². The molecule has 0 fully saturated rings. The zero-order valence-corrected chi connectivity index (χ0v) is 11.8. The summed E-state index contributed by atoms with van der Waals surface area (Å²) in [5.41, 5.74) is 2.05. The van der Waals surface area contributed by atoms with Crippen molar-refractivity contribution in [3.8, 4) is 11.5 Å². The third-order valence-corrected chi connectivity index (χ3v) is 3.49. The van der Waals surface area contributed by atoms with Crippen LogP contribution in [0.5, 0.6) is 0 Å². The lowest BCUT2D eigenvalue weighted by Crippen LogP contribution is -1.83. The zero-order valence-electron chi connectivity index (χ0n) is 11.0. The Morgan fingerprint density at radius 2 is 2.00 bits per heavy atom. The minimum Gasteiger partial charge on any atom is -0.411 e. The van der Waals surface area contributed by atoms with E-state index in [9.17, 15) is 0 Å². The van der Waals surface area contributed by atoms with E-state index in [1.165, 1.54) is 11.8 Å². The maximum atomic E-state index is 5.63. The molecule has 1 aromatic carbocycles. The summed E-state index contributed by atoms with van der Waals surface area (Å²) in [7, 11) is 0. The van der Waals surface area contributed by atoms with Gasteiger partial charge in [-0.3, -0.25) is 0 Å². The largest absolute Gasteiger partial charge is 0.411 e. The van der Waals surface area contributed by atoms with Crippen LogP contribution >= 0.6 is 11.8 Å². The van der Waals surface area contributed by atoms with Crippen molar-refractivity contribution in [2.45, 2.75) is 24.8 Å². The minimum absolute atomic E-state index is 0.491. The predicted molar refractivity (Wildman–Crippen MR) is 73.1 cm³/mol. The van der Waals surface area contributed by atoms with Crippen molar-refractivity contribution < 1.29 is 8.94 Å². The molecule has 102 valence electrons. The maximum absolute atomic E-state index is 5.63. The molecule has 0 aliphatic heterocycles. The summed E-state index contributed by atoms with van der Waals surface area (Å²) in [6, 6.07) is 7.89. The van der Waals surface area contributed by atoms with E-state index in [0.717, 1.165) is 11.1 Å². The molecular weight excluding hydrogens is 276 g/mol. The summed E-state index contributed by atoms with van der Waals surface area (Å²) >= 11 is 1.38. The molecule has 3 aromatic rings. The molecule has 0 atom stereocenters. The summed E-state index contributed by atoms with van der Waals surface area (Å²) in [4.78, 5) is 4.12. The van der Waals surface area contributed by atoms with Crippen LogP contribution in [0, 0.1) is 13.8 Å². The van der Waals surface area contributed by atoms with Gasteiger partial charge in [-0.05, 0) is 18.6 Å². The van der Waals surface area contributed by atoms with E-state index in [-0.39, 0.29) is 0 Å². The van der Waals surface area contributed by atoms with Gasteiger partial charge >= 0.3 is 0 Å². The fourth-order valence-corrected chi connectivity index (χ4v) is 2.32. The lowest BCUT2D eigenvalue weighted by atomic mass is 10.1. The summed E-state index contributed by atoms with van der Waals surface area (Å²) in [5.74, 6) is 2.22. The summed E-state index contributed by atoms with van der Waals surface area (Å²) in [5, 5.41) is 12.4. The van der Waals surface area contributed by atoms with E-state index in [1.54, 1.807) is 6.92 Å². The number of thioether (sulfide) groups is 1. The smallest absolute Gasteiger partial charge is 0.277 e. The average Bonchev–Trinajstić information content (AvgIpc) is 3.06. The summed E-state index contributed by atoms with van der Waals surface area (Å²) in [6.45, 7) is 3.76. The topological polar surface area (TPSA) is 77.8 Å². The van der Waals surface area contributed by atoms with Crippen LogP contribution in [-0.2, 0) is 5.75 Å². The van der Waals surface area contributed by atoms with Gasteiger partial charge < -0.3 is 8.94 Å². The van der Waals surface area contributed by atoms with E-state index in [1.807, 2.05) is 31.2 Å². The number of hydrogen-bond acceptors (Lipinski definition) is 7. The number of nitrogens with zero attached hydrogens (tertiary/aromatic N) is 4. The average molecular weight is 288 g/mol. The number of rotatable bonds is 4. The van der Waals surface area contributed by atoms with E-state index in [4.69, 9.17) is 8.94 Å². The highest BCUT2D eigenvalue weighted by molar-refractivity contribution is 7.98. The lowest BCUT2D eigenvalue weighted by Gasteiger charge is -1.98. The molecule has 0 aliphatic rings. The van der Waals surface area contributed by atoms with Crippen LogP contribution in [0.15, 0.2) is 38.4 Å². The first-order chi connectivity index (χ1) is 9.72. The van der Waals surface area contributed by atoms with Gasteiger partial charge in [0.25, 0.3) is 5.22 Å². The van der Waals surface area contributed by atoms with Crippen molar-refractivity contribution in [2.24, 2.45) is 0 Å². The van der Waals surface area contributed by atoms with Crippen molar-refractivity contribution in [3.05, 3.63) is 41.5 Å². The molecule has 0 amide bonds. The normalized spacial score (nSPS) is 10.9. The molecule has 0 spiro atoms. The molecule has 0 N–H and O–H groups in total. The standard InChI is InChI=1S/C13H12N4O2S/c1-8-5-3-4-6-10(8)12-15-16-13(18-12)20-7-11-14-9(2)19-17-11/h3-6H,7H2,1-2H3. The predicted octanol–water partition coefficient (Wildman–Crippen LogP) is 3.03. The van der Waals surface area contributed by atoms with Crippen molar-refractivity contribution in [3.63, 3.8) is 0 Å². The van der Waals surface area contributed by atoms with Crippen LogP contribution in [0.3, 0.4) is 0 Å². The molecule has 2 heterocycles. The van der Waals surface area contributed by atoms with Gasteiger partial charge in [-0.25, -0.2) is 0 Å². The van der Waals surface area contributed by atoms with Gasteiger partial charge in [0, 0.05) is 12.5 Å².